The zero-order valence-corrected chi connectivity index (χ0v) is 13.6. The van der Waals surface area contributed by atoms with Gasteiger partial charge in [-0.05, 0) is 6.04 Å². The second kappa shape index (κ2) is 5.54. The molecule has 1 rings (SSSR count). The molecule has 0 aliphatic carbocycles. The van der Waals surface area contributed by atoms with E-state index in [0.717, 1.165) is 19.2 Å². The van der Waals surface area contributed by atoms with Crippen LogP contribution in [0.4, 0.5) is 4.79 Å². The molecule has 1 heterocycles. The molecule has 1 aliphatic heterocycles. The number of rotatable bonds is 6. The number of hydrogen-bond donors (Lipinski definition) is 1. The molecule has 0 aromatic rings. The molecule has 4 nitrogen and oxygen atoms in total. The first-order valence-corrected chi connectivity index (χ1v) is 14.0. The van der Waals surface area contributed by atoms with Gasteiger partial charge >= 0.3 is 6.09 Å². The third-order valence-corrected chi connectivity index (χ3v) is 22.3. The Bertz CT molecular complexity index is 272. The molecule has 1 atom stereocenters. The molecule has 1 fully saturated rings. The van der Waals surface area contributed by atoms with E-state index in [4.69, 9.17) is 9.47 Å². The predicted molar refractivity (Wildman–Crippen MR) is 74.7 cm³/mol. The van der Waals surface area contributed by atoms with Gasteiger partial charge in [0, 0.05) is 21.7 Å². The number of carbonyl (C=O) groups excluding carboxylic acids is 1. The lowest BCUT2D eigenvalue weighted by Gasteiger charge is -2.35. The first kappa shape index (κ1) is 14.7. The van der Waals surface area contributed by atoms with Crippen molar-refractivity contribution in [3.05, 3.63) is 0 Å². The summed E-state index contributed by atoms with van der Waals surface area (Å²) >= 11 is 0. The van der Waals surface area contributed by atoms with Crippen molar-refractivity contribution in [1.29, 1.82) is 0 Å². The summed E-state index contributed by atoms with van der Waals surface area (Å²) in [4.78, 5) is 11.3. The second-order valence-corrected chi connectivity index (χ2v) is 23.7. The zero-order chi connectivity index (χ0) is 13.1. The van der Waals surface area contributed by atoms with Gasteiger partial charge in [-0.2, -0.15) is 0 Å². The Kier molecular flexibility index (Phi) is 4.80. The number of hydrogen-bond acceptors (Lipinski definition) is 3. The molecule has 0 spiro atoms. The fourth-order valence-electron chi connectivity index (χ4n) is 1.24. The number of alkyl carbamates (subject to hydrolysis) is 1. The summed E-state index contributed by atoms with van der Waals surface area (Å²) in [5.74, 6) is 0. The average molecular weight is 275 g/mol. The summed E-state index contributed by atoms with van der Waals surface area (Å²) in [5.41, 5.74) is 0. The maximum absolute atomic E-state index is 11.3. The monoisotopic (exact) mass is 275 g/mol. The van der Waals surface area contributed by atoms with Gasteiger partial charge in [0.05, 0.1) is 6.61 Å². The van der Waals surface area contributed by atoms with Gasteiger partial charge in [0.2, 0.25) is 0 Å². The molecule has 0 bridgehead atoms. The van der Waals surface area contributed by atoms with Crippen molar-refractivity contribution in [2.45, 2.75) is 44.9 Å². The summed E-state index contributed by atoms with van der Waals surface area (Å²) in [5, 5.41) is 2.83. The molecule has 0 saturated carbocycles. The lowest BCUT2D eigenvalue weighted by molar-refractivity contribution is 0.136. The molecule has 0 aromatic carbocycles. The van der Waals surface area contributed by atoms with Crippen LogP contribution in [0.5, 0.6) is 0 Å². The maximum Gasteiger partial charge on any atom is 0.407 e. The van der Waals surface area contributed by atoms with Crippen LogP contribution in [0, 0.1) is 0 Å². The highest BCUT2D eigenvalue weighted by atomic mass is 29.3. The zero-order valence-electron chi connectivity index (χ0n) is 11.6. The van der Waals surface area contributed by atoms with Crippen molar-refractivity contribution in [3.63, 3.8) is 0 Å². The summed E-state index contributed by atoms with van der Waals surface area (Å²) in [6, 6.07) is 1.14. The van der Waals surface area contributed by atoms with Gasteiger partial charge in [0.25, 0.3) is 0 Å². The van der Waals surface area contributed by atoms with Crippen LogP contribution in [-0.4, -0.2) is 47.1 Å². The number of amides is 1. The lowest BCUT2D eigenvalue weighted by Crippen LogP contribution is -2.53. The van der Waals surface area contributed by atoms with E-state index < -0.39 is 15.2 Å². The molecule has 1 amide bonds. The van der Waals surface area contributed by atoms with E-state index >= 15 is 0 Å². The minimum absolute atomic E-state index is 0.147. The summed E-state index contributed by atoms with van der Waals surface area (Å²) < 4.78 is 9.99. The second-order valence-electron chi connectivity index (χ2n) is 6.36. The van der Waals surface area contributed by atoms with E-state index in [1.54, 1.807) is 0 Å². The standard InChI is InChI=1S/C11H25NO3Si2/c1-16(2,3)17(4,5)7-6-12-11(13)15-9-10-8-14-10/h10H,6-9H2,1-5H3,(H,12,13). The minimum Gasteiger partial charge on any atom is -0.447 e. The van der Waals surface area contributed by atoms with Crippen LogP contribution in [0.3, 0.4) is 0 Å². The summed E-state index contributed by atoms with van der Waals surface area (Å²) in [6.07, 6.45) is -0.158. The highest BCUT2D eigenvalue weighted by molar-refractivity contribution is 7.40. The topological polar surface area (TPSA) is 50.9 Å². The summed E-state index contributed by atoms with van der Waals surface area (Å²) in [7, 11) is -2.22. The largest absolute Gasteiger partial charge is 0.447 e. The molecule has 1 unspecified atom stereocenters. The van der Waals surface area contributed by atoms with Crippen LogP contribution in [0.25, 0.3) is 0 Å². The van der Waals surface area contributed by atoms with Gasteiger partial charge in [-0.1, -0.05) is 32.7 Å². The fourth-order valence-corrected chi connectivity index (χ4v) is 5.36. The van der Waals surface area contributed by atoms with E-state index in [1.165, 1.54) is 0 Å². The normalized spacial score (nSPS) is 19.9. The summed E-state index contributed by atoms with van der Waals surface area (Å²) in [6.45, 7) is 14.0. The van der Waals surface area contributed by atoms with Gasteiger partial charge in [-0.25, -0.2) is 4.79 Å². The number of nitrogens with one attached hydrogen (secondary N) is 1. The Morgan fingerprint density at radius 2 is 1.94 bits per heavy atom. The lowest BCUT2D eigenvalue weighted by atomic mass is 10.5. The first-order chi connectivity index (χ1) is 7.72. The minimum atomic E-state index is -1.16. The van der Waals surface area contributed by atoms with Crippen molar-refractivity contribution in [1.82, 2.24) is 5.32 Å². The Morgan fingerprint density at radius 3 is 2.41 bits per heavy atom. The molecular formula is C11H25NO3Si2. The fraction of sp³-hybridized carbons (Fsp3) is 0.909. The maximum atomic E-state index is 11.3. The Morgan fingerprint density at radius 1 is 1.35 bits per heavy atom. The van der Waals surface area contributed by atoms with Crippen LogP contribution >= 0.6 is 0 Å². The number of carbonyl (C=O) groups is 1. The van der Waals surface area contributed by atoms with Gasteiger partial charge in [-0.15, -0.1) is 0 Å². The van der Waals surface area contributed by atoms with E-state index in [1.807, 2.05) is 0 Å². The molecule has 0 aromatic heterocycles. The van der Waals surface area contributed by atoms with Gasteiger partial charge in [0.15, 0.2) is 0 Å². The van der Waals surface area contributed by atoms with Crippen LogP contribution in [0.2, 0.25) is 38.8 Å². The van der Waals surface area contributed by atoms with E-state index in [-0.39, 0.29) is 12.2 Å². The van der Waals surface area contributed by atoms with E-state index in [2.05, 4.69) is 38.1 Å². The van der Waals surface area contributed by atoms with E-state index in [9.17, 15) is 4.79 Å². The molecule has 17 heavy (non-hydrogen) atoms. The van der Waals surface area contributed by atoms with Gasteiger partial charge in [-0.3, -0.25) is 0 Å². The smallest absolute Gasteiger partial charge is 0.407 e. The number of ether oxygens (including phenoxy) is 2. The van der Waals surface area contributed by atoms with Crippen LogP contribution in [0.15, 0.2) is 0 Å². The molecule has 1 saturated heterocycles. The Balaban J connectivity index is 2.15. The van der Waals surface area contributed by atoms with Crippen molar-refractivity contribution < 1.29 is 14.3 Å². The Hall–Kier alpha value is -0.336. The first-order valence-electron chi connectivity index (χ1n) is 6.24. The Labute approximate surface area is 106 Å². The van der Waals surface area contributed by atoms with Crippen LogP contribution in [-0.2, 0) is 9.47 Å². The van der Waals surface area contributed by atoms with Crippen LogP contribution < -0.4 is 5.32 Å². The molecular weight excluding hydrogens is 250 g/mol. The highest BCUT2D eigenvalue weighted by Crippen LogP contribution is 2.22. The average Bonchev–Trinajstić information content (AvgIpc) is 2.96. The van der Waals surface area contributed by atoms with Crippen molar-refractivity contribution in [2.75, 3.05) is 19.8 Å². The SMILES string of the molecule is C[Si](C)(C)[Si](C)(C)CCNC(=O)OCC1CO1. The van der Waals surface area contributed by atoms with Gasteiger partial charge < -0.3 is 14.8 Å². The molecule has 6 heteroatoms. The molecule has 0 radical (unpaired) electrons. The molecule has 100 valence electrons. The highest BCUT2D eigenvalue weighted by Gasteiger charge is 2.36. The molecule has 1 N–H and O–H groups in total. The van der Waals surface area contributed by atoms with Crippen molar-refractivity contribution in [2.24, 2.45) is 0 Å². The van der Waals surface area contributed by atoms with Gasteiger partial charge in [0.1, 0.15) is 12.7 Å². The predicted octanol–water partition coefficient (Wildman–Crippen LogP) is 2.24. The third-order valence-electron chi connectivity index (χ3n) is 3.85. The third kappa shape index (κ3) is 5.22. The quantitative estimate of drug-likeness (QED) is 0.597. The molecule has 1 aliphatic rings. The number of epoxide rings is 1. The van der Waals surface area contributed by atoms with Crippen molar-refractivity contribution in [3.8, 4) is 0 Å². The van der Waals surface area contributed by atoms with Crippen LogP contribution in [0.1, 0.15) is 0 Å². The van der Waals surface area contributed by atoms with Crippen molar-refractivity contribution >= 4 is 21.3 Å². The van der Waals surface area contributed by atoms with E-state index in [0.29, 0.717) is 6.61 Å².